The van der Waals surface area contributed by atoms with E-state index < -0.39 is 5.97 Å². The quantitative estimate of drug-likeness (QED) is 0.890. The highest BCUT2D eigenvalue weighted by Crippen LogP contribution is 2.27. The largest absolute Gasteiger partial charge is 0.481 e. The Kier molecular flexibility index (Phi) is 4.37. The lowest BCUT2D eigenvalue weighted by Crippen LogP contribution is -2.26. The number of ether oxygens (including phenoxy) is 1. The molecule has 3 heteroatoms. The maximum atomic E-state index is 10.8. The van der Waals surface area contributed by atoms with Gasteiger partial charge in [0.1, 0.15) is 0 Å². The molecule has 0 bridgehead atoms. The molecule has 0 aliphatic heterocycles. The van der Waals surface area contributed by atoms with E-state index >= 15 is 0 Å². The summed E-state index contributed by atoms with van der Waals surface area (Å²) in [7, 11) is 0. The second-order valence-electron chi connectivity index (χ2n) is 5.05. The predicted octanol–water partition coefficient (Wildman–Crippen LogP) is 3.16. The van der Waals surface area contributed by atoms with Crippen molar-refractivity contribution in [2.24, 2.45) is 5.92 Å². The summed E-state index contributed by atoms with van der Waals surface area (Å²) in [5, 5.41) is 8.93. The molecular formula is C15H20O3. The fourth-order valence-corrected chi connectivity index (χ4v) is 2.46. The predicted molar refractivity (Wildman–Crippen MR) is 69.3 cm³/mol. The number of carboxylic acid groups (broad SMARTS) is 1. The van der Waals surface area contributed by atoms with Crippen LogP contribution in [0.5, 0.6) is 0 Å². The van der Waals surface area contributed by atoms with E-state index in [0.717, 1.165) is 25.7 Å². The van der Waals surface area contributed by atoms with E-state index in [1.165, 1.54) is 11.1 Å². The van der Waals surface area contributed by atoms with Crippen molar-refractivity contribution in [1.82, 2.24) is 0 Å². The van der Waals surface area contributed by atoms with Gasteiger partial charge in [0.25, 0.3) is 0 Å². The van der Waals surface area contributed by atoms with E-state index in [0.29, 0.717) is 6.61 Å². The Hall–Kier alpha value is -1.35. The Bertz CT molecular complexity index is 406. The monoisotopic (exact) mass is 248 g/mol. The Morgan fingerprint density at radius 1 is 1.28 bits per heavy atom. The van der Waals surface area contributed by atoms with Crippen LogP contribution in [0, 0.1) is 12.8 Å². The standard InChI is InChI=1S/C15H20O3/c1-11-4-2-3-5-13(11)10-18-14-8-6-12(7-9-14)15(16)17/h2-5,12,14H,6-10H2,1H3,(H,16,17). The first-order chi connectivity index (χ1) is 8.66. The van der Waals surface area contributed by atoms with Crippen molar-refractivity contribution in [1.29, 1.82) is 0 Å². The Balaban J connectivity index is 1.79. The zero-order chi connectivity index (χ0) is 13.0. The van der Waals surface area contributed by atoms with Crippen LogP contribution in [-0.4, -0.2) is 17.2 Å². The van der Waals surface area contributed by atoms with Gasteiger partial charge in [-0.2, -0.15) is 0 Å². The summed E-state index contributed by atoms with van der Waals surface area (Å²) < 4.78 is 5.88. The van der Waals surface area contributed by atoms with E-state index in [1.54, 1.807) is 0 Å². The maximum absolute atomic E-state index is 10.8. The van der Waals surface area contributed by atoms with Gasteiger partial charge in [0.05, 0.1) is 18.6 Å². The van der Waals surface area contributed by atoms with Crippen LogP contribution in [0.2, 0.25) is 0 Å². The van der Waals surface area contributed by atoms with E-state index in [4.69, 9.17) is 9.84 Å². The van der Waals surface area contributed by atoms with Crippen LogP contribution in [0.15, 0.2) is 24.3 Å². The van der Waals surface area contributed by atoms with Gasteiger partial charge in [0.2, 0.25) is 0 Å². The summed E-state index contributed by atoms with van der Waals surface area (Å²) in [6.45, 7) is 2.72. The molecule has 0 spiro atoms. The number of carbonyl (C=O) groups is 1. The van der Waals surface area contributed by atoms with Crippen LogP contribution in [0.1, 0.15) is 36.8 Å². The minimum atomic E-state index is -0.660. The zero-order valence-electron chi connectivity index (χ0n) is 10.8. The van der Waals surface area contributed by atoms with E-state index in [9.17, 15) is 4.79 Å². The summed E-state index contributed by atoms with van der Waals surface area (Å²) in [6, 6.07) is 8.21. The molecule has 1 N–H and O–H groups in total. The van der Waals surface area contributed by atoms with Gasteiger partial charge in [0.15, 0.2) is 0 Å². The molecule has 1 saturated carbocycles. The molecule has 1 aliphatic carbocycles. The molecule has 0 heterocycles. The smallest absolute Gasteiger partial charge is 0.306 e. The molecule has 1 aromatic carbocycles. The fraction of sp³-hybridized carbons (Fsp3) is 0.533. The average Bonchev–Trinajstić information content (AvgIpc) is 2.38. The molecule has 0 saturated heterocycles. The number of hydrogen-bond acceptors (Lipinski definition) is 2. The van der Waals surface area contributed by atoms with E-state index in [1.807, 2.05) is 12.1 Å². The SMILES string of the molecule is Cc1ccccc1COC1CCC(C(=O)O)CC1. The number of carboxylic acids is 1. The van der Waals surface area contributed by atoms with Crippen molar-refractivity contribution in [3.05, 3.63) is 35.4 Å². The molecule has 18 heavy (non-hydrogen) atoms. The van der Waals surface area contributed by atoms with Crippen LogP contribution >= 0.6 is 0 Å². The summed E-state index contributed by atoms with van der Waals surface area (Å²) >= 11 is 0. The summed E-state index contributed by atoms with van der Waals surface area (Å²) in [5.74, 6) is -0.823. The molecule has 0 atom stereocenters. The molecule has 1 fully saturated rings. The van der Waals surface area contributed by atoms with Crippen LogP contribution in [0.3, 0.4) is 0 Å². The molecule has 0 amide bonds. The van der Waals surface area contributed by atoms with Gasteiger partial charge >= 0.3 is 5.97 Å². The van der Waals surface area contributed by atoms with Crippen LogP contribution in [0.25, 0.3) is 0 Å². The molecule has 0 aromatic heterocycles. The highest BCUT2D eigenvalue weighted by Gasteiger charge is 2.26. The highest BCUT2D eigenvalue weighted by atomic mass is 16.5. The van der Waals surface area contributed by atoms with Gasteiger partial charge in [-0.15, -0.1) is 0 Å². The molecule has 1 aromatic rings. The van der Waals surface area contributed by atoms with E-state index in [-0.39, 0.29) is 12.0 Å². The topological polar surface area (TPSA) is 46.5 Å². The molecule has 3 nitrogen and oxygen atoms in total. The summed E-state index contributed by atoms with van der Waals surface area (Å²) in [6.07, 6.45) is 3.44. The molecule has 2 rings (SSSR count). The van der Waals surface area contributed by atoms with Crippen LogP contribution in [0.4, 0.5) is 0 Å². The van der Waals surface area contributed by atoms with Crippen LogP contribution < -0.4 is 0 Å². The van der Waals surface area contributed by atoms with Crippen molar-refractivity contribution < 1.29 is 14.6 Å². The third-order valence-electron chi connectivity index (χ3n) is 3.76. The first-order valence-corrected chi connectivity index (χ1v) is 6.55. The molecule has 1 aliphatic rings. The van der Waals surface area contributed by atoms with Crippen molar-refractivity contribution >= 4 is 5.97 Å². The lowest BCUT2D eigenvalue weighted by Gasteiger charge is -2.26. The first-order valence-electron chi connectivity index (χ1n) is 6.55. The van der Waals surface area contributed by atoms with Gasteiger partial charge in [-0.3, -0.25) is 4.79 Å². The highest BCUT2D eigenvalue weighted by molar-refractivity contribution is 5.70. The second kappa shape index (κ2) is 6.01. The lowest BCUT2D eigenvalue weighted by molar-refractivity contribution is -0.143. The normalized spacial score (nSPS) is 23.8. The lowest BCUT2D eigenvalue weighted by atomic mass is 9.87. The first kappa shape index (κ1) is 13.1. The Morgan fingerprint density at radius 3 is 2.56 bits per heavy atom. The van der Waals surface area contributed by atoms with Crippen LogP contribution in [-0.2, 0) is 16.1 Å². The third kappa shape index (κ3) is 3.33. The molecule has 98 valence electrons. The van der Waals surface area contributed by atoms with Gasteiger partial charge in [0, 0.05) is 0 Å². The Morgan fingerprint density at radius 2 is 1.94 bits per heavy atom. The molecular weight excluding hydrogens is 228 g/mol. The molecule has 0 unspecified atom stereocenters. The van der Waals surface area contributed by atoms with Gasteiger partial charge in [-0.1, -0.05) is 24.3 Å². The summed E-state index contributed by atoms with van der Waals surface area (Å²) in [5.41, 5.74) is 2.47. The zero-order valence-corrected chi connectivity index (χ0v) is 10.8. The number of aliphatic carboxylic acids is 1. The second-order valence-corrected chi connectivity index (χ2v) is 5.05. The number of hydrogen-bond donors (Lipinski definition) is 1. The molecule has 0 radical (unpaired) electrons. The number of rotatable bonds is 4. The average molecular weight is 248 g/mol. The van der Waals surface area contributed by atoms with Gasteiger partial charge in [-0.25, -0.2) is 0 Å². The number of benzene rings is 1. The van der Waals surface area contributed by atoms with Crippen molar-refractivity contribution in [2.45, 2.75) is 45.3 Å². The minimum Gasteiger partial charge on any atom is -0.481 e. The Labute approximate surface area is 108 Å². The maximum Gasteiger partial charge on any atom is 0.306 e. The fourth-order valence-electron chi connectivity index (χ4n) is 2.46. The van der Waals surface area contributed by atoms with Gasteiger partial charge < -0.3 is 9.84 Å². The van der Waals surface area contributed by atoms with E-state index in [2.05, 4.69) is 19.1 Å². The van der Waals surface area contributed by atoms with Crippen molar-refractivity contribution in [3.63, 3.8) is 0 Å². The van der Waals surface area contributed by atoms with Crippen molar-refractivity contribution in [2.75, 3.05) is 0 Å². The minimum absolute atomic E-state index is 0.164. The summed E-state index contributed by atoms with van der Waals surface area (Å²) in [4.78, 5) is 10.8. The third-order valence-corrected chi connectivity index (χ3v) is 3.76. The number of aryl methyl sites for hydroxylation is 1. The van der Waals surface area contributed by atoms with Crippen molar-refractivity contribution in [3.8, 4) is 0 Å². The van der Waals surface area contributed by atoms with Gasteiger partial charge in [-0.05, 0) is 43.7 Å².